The third kappa shape index (κ3) is 5.58. The van der Waals surface area contributed by atoms with E-state index < -0.39 is 6.04 Å². The summed E-state index contributed by atoms with van der Waals surface area (Å²) in [5, 5.41) is 2.48. The number of carbonyl (C=O) groups is 3. The number of nitrogens with one attached hydrogen (secondary N) is 1. The van der Waals surface area contributed by atoms with Crippen LogP contribution in [0.15, 0.2) is 0 Å². The summed E-state index contributed by atoms with van der Waals surface area (Å²) in [6.07, 6.45) is 0. The molecule has 7 heteroatoms. The highest BCUT2D eigenvalue weighted by Gasteiger charge is 2.23. The van der Waals surface area contributed by atoms with E-state index in [1.807, 2.05) is 0 Å². The first-order chi connectivity index (χ1) is 7.79. The van der Waals surface area contributed by atoms with Crippen LogP contribution in [0.3, 0.4) is 0 Å². The molecule has 0 heterocycles. The van der Waals surface area contributed by atoms with E-state index in [2.05, 4.69) is 17.9 Å². The standard InChI is InChI=1S/C10H19N3O3S/c1-7(14)11-8(6-17)10(16)13(4)5-9(15)12(2)3/h8,17H,5-6H2,1-4H3,(H,11,14). The fourth-order valence-electron chi connectivity index (χ4n) is 1.12. The number of likely N-dealkylation sites (N-methyl/N-ethyl adjacent to an activating group) is 2. The van der Waals surface area contributed by atoms with Gasteiger partial charge in [0.05, 0.1) is 6.54 Å². The van der Waals surface area contributed by atoms with Crippen molar-refractivity contribution in [3.05, 3.63) is 0 Å². The summed E-state index contributed by atoms with van der Waals surface area (Å²) in [7, 11) is 4.75. The Morgan fingerprint density at radius 2 is 1.76 bits per heavy atom. The van der Waals surface area contributed by atoms with Crippen LogP contribution in [0, 0.1) is 0 Å². The molecule has 1 atom stereocenters. The largest absolute Gasteiger partial charge is 0.347 e. The Labute approximate surface area is 107 Å². The molecule has 0 aliphatic rings. The molecule has 0 aromatic heterocycles. The number of hydrogen-bond acceptors (Lipinski definition) is 4. The first-order valence-electron chi connectivity index (χ1n) is 5.12. The van der Waals surface area contributed by atoms with E-state index in [-0.39, 0.29) is 30.0 Å². The molecule has 0 aromatic carbocycles. The van der Waals surface area contributed by atoms with Gasteiger partial charge in [-0.25, -0.2) is 0 Å². The summed E-state index contributed by atoms with van der Waals surface area (Å²) < 4.78 is 0. The molecular formula is C10H19N3O3S. The zero-order valence-corrected chi connectivity index (χ0v) is 11.5. The molecular weight excluding hydrogens is 242 g/mol. The third-order valence-corrected chi connectivity index (χ3v) is 2.47. The molecule has 1 unspecified atom stereocenters. The fourth-order valence-corrected chi connectivity index (χ4v) is 1.37. The SMILES string of the molecule is CC(=O)NC(CS)C(=O)N(C)CC(=O)N(C)C. The first kappa shape index (κ1) is 15.8. The van der Waals surface area contributed by atoms with Crippen molar-refractivity contribution in [1.82, 2.24) is 15.1 Å². The van der Waals surface area contributed by atoms with Gasteiger partial charge in [-0.3, -0.25) is 14.4 Å². The van der Waals surface area contributed by atoms with E-state index in [0.29, 0.717) is 0 Å². The van der Waals surface area contributed by atoms with Gasteiger partial charge in [0.2, 0.25) is 17.7 Å². The van der Waals surface area contributed by atoms with Crippen molar-refractivity contribution in [2.45, 2.75) is 13.0 Å². The minimum Gasteiger partial charge on any atom is -0.347 e. The average molecular weight is 261 g/mol. The molecule has 0 rings (SSSR count). The van der Waals surface area contributed by atoms with Crippen LogP contribution >= 0.6 is 12.6 Å². The van der Waals surface area contributed by atoms with Crippen molar-refractivity contribution in [2.24, 2.45) is 0 Å². The Hall–Kier alpha value is -1.24. The molecule has 0 aliphatic carbocycles. The summed E-state index contributed by atoms with van der Waals surface area (Å²) >= 11 is 4.00. The Kier molecular flexibility index (Phi) is 6.64. The molecule has 0 fully saturated rings. The summed E-state index contributed by atoms with van der Waals surface area (Å²) in [6, 6.07) is -0.698. The number of amides is 3. The Bertz CT molecular complexity index is 307. The predicted octanol–water partition coefficient (Wildman–Crippen LogP) is -1.03. The molecule has 0 spiro atoms. The monoisotopic (exact) mass is 261 g/mol. The van der Waals surface area contributed by atoms with E-state index in [0.717, 1.165) is 0 Å². The van der Waals surface area contributed by atoms with Gasteiger partial charge in [-0.1, -0.05) is 0 Å². The normalized spacial score (nSPS) is 11.6. The van der Waals surface area contributed by atoms with Crippen LogP contribution in [-0.2, 0) is 14.4 Å². The lowest BCUT2D eigenvalue weighted by Crippen LogP contribution is -2.50. The van der Waals surface area contributed by atoms with Gasteiger partial charge < -0.3 is 15.1 Å². The van der Waals surface area contributed by atoms with Gasteiger partial charge in [0.25, 0.3) is 0 Å². The van der Waals surface area contributed by atoms with Crippen molar-refractivity contribution in [3.63, 3.8) is 0 Å². The number of carbonyl (C=O) groups excluding carboxylic acids is 3. The van der Waals surface area contributed by atoms with Crippen molar-refractivity contribution in [3.8, 4) is 0 Å². The lowest BCUT2D eigenvalue weighted by Gasteiger charge is -2.23. The summed E-state index contributed by atoms with van der Waals surface area (Å²) in [5.41, 5.74) is 0. The van der Waals surface area contributed by atoms with Gasteiger partial charge >= 0.3 is 0 Å². The number of rotatable bonds is 5. The molecule has 6 nitrogen and oxygen atoms in total. The molecule has 98 valence electrons. The maximum Gasteiger partial charge on any atom is 0.246 e. The van der Waals surface area contributed by atoms with Gasteiger partial charge in [-0.05, 0) is 0 Å². The van der Waals surface area contributed by atoms with Gasteiger partial charge in [-0.15, -0.1) is 0 Å². The summed E-state index contributed by atoms with van der Waals surface area (Å²) in [5.74, 6) is -0.615. The Morgan fingerprint density at radius 1 is 1.24 bits per heavy atom. The highest BCUT2D eigenvalue weighted by Crippen LogP contribution is 1.97. The van der Waals surface area contributed by atoms with Crippen molar-refractivity contribution in [2.75, 3.05) is 33.4 Å². The molecule has 17 heavy (non-hydrogen) atoms. The first-order valence-corrected chi connectivity index (χ1v) is 5.76. The van der Waals surface area contributed by atoms with Gasteiger partial charge in [-0.2, -0.15) is 12.6 Å². The van der Waals surface area contributed by atoms with E-state index in [4.69, 9.17) is 0 Å². The number of hydrogen-bond donors (Lipinski definition) is 2. The van der Waals surface area contributed by atoms with Gasteiger partial charge in [0.15, 0.2) is 0 Å². The molecule has 0 aliphatic heterocycles. The second-order valence-corrected chi connectivity index (χ2v) is 4.28. The second kappa shape index (κ2) is 7.16. The molecule has 0 saturated carbocycles. The highest BCUT2D eigenvalue weighted by molar-refractivity contribution is 7.80. The van der Waals surface area contributed by atoms with Crippen LogP contribution in [0.25, 0.3) is 0 Å². The predicted molar refractivity (Wildman–Crippen MR) is 67.8 cm³/mol. The van der Waals surface area contributed by atoms with Crippen molar-refractivity contribution >= 4 is 30.4 Å². The van der Waals surface area contributed by atoms with Crippen LogP contribution < -0.4 is 5.32 Å². The molecule has 0 aromatic rings. The summed E-state index contributed by atoms with van der Waals surface area (Å²) in [4.78, 5) is 36.8. The zero-order chi connectivity index (χ0) is 13.6. The van der Waals surface area contributed by atoms with E-state index in [1.165, 1.54) is 23.8 Å². The van der Waals surface area contributed by atoms with E-state index >= 15 is 0 Å². The van der Waals surface area contributed by atoms with Crippen molar-refractivity contribution in [1.29, 1.82) is 0 Å². The number of nitrogens with zero attached hydrogens (tertiary/aromatic N) is 2. The molecule has 0 saturated heterocycles. The minimum atomic E-state index is -0.698. The van der Waals surface area contributed by atoms with E-state index in [1.54, 1.807) is 14.1 Å². The van der Waals surface area contributed by atoms with Crippen LogP contribution in [-0.4, -0.2) is 67.0 Å². The van der Waals surface area contributed by atoms with Crippen LogP contribution in [0.5, 0.6) is 0 Å². The molecule has 0 radical (unpaired) electrons. The quantitative estimate of drug-likeness (QED) is 0.622. The average Bonchev–Trinajstić information content (AvgIpc) is 2.24. The van der Waals surface area contributed by atoms with Crippen molar-refractivity contribution < 1.29 is 14.4 Å². The molecule has 1 N–H and O–H groups in total. The third-order valence-electron chi connectivity index (χ3n) is 2.11. The van der Waals surface area contributed by atoms with Gasteiger partial charge in [0, 0.05) is 33.8 Å². The smallest absolute Gasteiger partial charge is 0.246 e. The second-order valence-electron chi connectivity index (χ2n) is 3.92. The van der Waals surface area contributed by atoms with E-state index in [9.17, 15) is 14.4 Å². The maximum absolute atomic E-state index is 11.9. The topological polar surface area (TPSA) is 69.7 Å². The van der Waals surface area contributed by atoms with Crippen LogP contribution in [0.4, 0.5) is 0 Å². The fraction of sp³-hybridized carbons (Fsp3) is 0.700. The molecule has 3 amide bonds. The highest BCUT2D eigenvalue weighted by atomic mass is 32.1. The maximum atomic E-state index is 11.9. The zero-order valence-electron chi connectivity index (χ0n) is 10.6. The van der Waals surface area contributed by atoms with Crippen LogP contribution in [0.2, 0.25) is 0 Å². The Balaban J connectivity index is 4.45. The van der Waals surface area contributed by atoms with Gasteiger partial charge in [0.1, 0.15) is 6.04 Å². The number of thiol groups is 1. The Morgan fingerprint density at radius 3 is 2.12 bits per heavy atom. The lowest BCUT2D eigenvalue weighted by atomic mass is 10.3. The lowest BCUT2D eigenvalue weighted by molar-refractivity contribution is -0.139. The van der Waals surface area contributed by atoms with Crippen LogP contribution in [0.1, 0.15) is 6.92 Å². The molecule has 0 bridgehead atoms. The minimum absolute atomic E-state index is 0.0182. The summed E-state index contributed by atoms with van der Waals surface area (Å²) in [6.45, 7) is 1.31.